The predicted octanol–water partition coefficient (Wildman–Crippen LogP) is 2.17. The largest absolute Gasteiger partial charge is 0.351 e. The van der Waals surface area contributed by atoms with Gasteiger partial charge in [-0.2, -0.15) is 4.31 Å². The van der Waals surface area contributed by atoms with Crippen molar-refractivity contribution in [2.75, 3.05) is 24.2 Å². The van der Waals surface area contributed by atoms with E-state index in [1.807, 2.05) is 0 Å². The Morgan fingerprint density at radius 1 is 1.17 bits per heavy atom. The second kappa shape index (κ2) is 8.58. The summed E-state index contributed by atoms with van der Waals surface area (Å²) in [6, 6.07) is 2.53. The third kappa shape index (κ3) is 4.64. The second-order valence-electron chi connectivity index (χ2n) is 8.29. The molecule has 0 spiro atoms. The first-order chi connectivity index (χ1) is 14.0. The molecule has 0 aromatic heterocycles. The molecule has 1 saturated heterocycles. The molecular formula is C20H27F2N3O4S. The Hall–Kier alpha value is -2.07. The van der Waals surface area contributed by atoms with E-state index in [1.165, 1.54) is 6.92 Å². The summed E-state index contributed by atoms with van der Waals surface area (Å²) in [5.41, 5.74) is -2.12. The number of rotatable bonds is 4. The Bertz CT molecular complexity index is 932. The quantitative estimate of drug-likeness (QED) is 0.723. The number of hydrogen-bond acceptors (Lipinski definition) is 4. The van der Waals surface area contributed by atoms with Crippen molar-refractivity contribution in [3.63, 3.8) is 0 Å². The molecule has 3 rings (SSSR count). The normalized spacial score (nSPS) is 24.5. The van der Waals surface area contributed by atoms with Crippen LogP contribution in [0.15, 0.2) is 18.2 Å². The number of hydrogen-bond donors (Lipinski definition) is 1. The molecule has 2 fully saturated rings. The highest BCUT2D eigenvalue weighted by molar-refractivity contribution is 7.88. The molecule has 7 nitrogen and oxygen atoms in total. The van der Waals surface area contributed by atoms with Gasteiger partial charge in [0.05, 0.1) is 18.5 Å². The topological polar surface area (TPSA) is 86.8 Å². The lowest BCUT2D eigenvalue weighted by atomic mass is 9.93. The van der Waals surface area contributed by atoms with Crippen molar-refractivity contribution in [3.05, 3.63) is 29.8 Å². The Labute approximate surface area is 175 Å². The first-order valence-corrected chi connectivity index (χ1v) is 11.9. The van der Waals surface area contributed by atoms with E-state index in [2.05, 4.69) is 5.32 Å². The minimum atomic E-state index is -3.79. The number of carbonyl (C=O) groups is 2. The molecule has 1 aliphatic carbocycles. The van der Waals surface area contributed by atoms with Gasteiger partial charge in [-0.05, 0) is 31.9 Å². The van der Waals surface area contributed by atoms with Gasteiger partial charge in [0.2, 0.25) is 21.8 Å². The van der Waals surface area contributed by atoms with E-state index in [4.69, 9.17) is 0 Å². The highest BCUT2D eigenvalue weighted by Gasteiger charge is 2.51. The van der Waals surface area contributed by atoms with Gasteiger partial charge >= 0.3 is 0 Å². The van der Waals surface area contributed by atoms with Crippen LogP contribution in [-0.4, -0.2) is 55.5 Å². The summed E-state index contributed by atoms with van der Waals surface area (Å²) in [6.45, 7) is 0.478. The highest BCUT2D eigenvalue weighted by atomic mass is 32.2. The van der Waals surface area contributed by atoms with E-state index in [0.29, 0.717) is 0 Å². The van der Waals surface area contributed by atoms with Crippen LogP contribution in [0, 0.1) is 11.6 Å². The average molecular weight is 444 g/mol. The maximum absolute atomic E-state index is 14.6. The molecule has 1 heterocycles. The molecule has 2 amide bonds. The zero-order chi connectivity index (χ0) is 22.1. The van der Waals surface area contributed by atoms with Crippen molar-refractivity contribution in [3.8, 4) is 0 Å². The van der Waals surface area contributed by atoms with Crippen LogP contribution in [0.1, 0.15) is 45.4 Å². The molecule has 0 bridgehead atoms. The summed E-state index contributed by atoms with van der Waals surface area (Å²) >= 11 is 0. The van der Waals surface area contributed by atoms with Crippen molar-refractivity contribution < 1.29 is 26.8 Å². The zero-order valence-electron chi connectivity index (χ0n) is 17.2. The SMILES string of the molecule is CC1(C(=O)NC2CCCCCC2)CN(S(C)(=O)=O)CC(=O)N1c1cc(F)ccc1F. The number of benzene rings is 1. The van der Waals surface area contributed by atoms with Gasteiger partial charge in [0.25, 0.3) is 0 Å². The molecular weight excluding hydrogens is 416 g/mol. The molecule has 1 N–H and O–H groups in total. The summed E-state index contributed by atoms with van der Waals surface area (Å²) in [4.78, 5) is 27.2. The summed E-state index contributed by atoms with van der Waals surface area (Å²) < 4.78 is 53.6. The summed E-state index contributed by atoms with van der Waals surface area (Å²) in [6.07, 6.45) is 6.56. The number of amides is 2. The summed E-state index contributed by atoms with van der Waals surface area (Å²) in [7, 11) is -3.79. The Kier molecular flexibility index (Phi) is 6.47. The molecule has 1 saturated carbocycles. The molecule has 1 unspecified atom stereocenters. The summed E-state index contributed by atoms with van der Waals surface area (Å²) in [5.74, 6) is -3.02. The van der Waals surface area contributed by atoms with Crippen molar-refractivity contribution in [1.82, 2.24) is 9.62 Å². The third-order valence-electron chi connectivity index (χ3n) is 5.84. The van der Waals surface area contributed by atoms with Crippen molar-refractivity contribution in [2.45, 2.75) is 57.0 Å². The van der Waals surface area contributed by atoms with Crippen LogP contribution in [0.25, 0.3) is 0 Å². The van der Waals surface area contributed by atoms with E-state index < -0.39 is 45.6 Å². The average Bonchev–Trinajstić information content (AvgIpc) is 2.92. The van der Waals surface area contributed by atoms with Crippen LogP contribution in [0.3, 0.4) is 0 Å². The van der Waals surface area contributed by atoms with Crippen molar-refractivity contribution >= 4 is 27.5 Å². The van der Waals surface area contributed by atoms with Gasteiger partial charge in [0.15, 0.2) is 0 Å². The van der Waals surface area contributed by atoms with Crippen LogP contribution in [-0.2, 0) is 19.6 Å². The van der Waals surface area contributed by atoms with Crippen molar-refractivity contribution in [1.29, 1.82) is 0 Å². The van der Waals surface area contributed by atoms with E-state index in [0.717, 1.165) is 72.2 Å². The number of nitrogens with zero attached hydrogens (tertiary/aromatic N) is 2. The Balaban J connectivity index is 2.01. The van der Waals surface area contributed by atoms with Gasteiger partial charge in [-0.1, -0.05) is 25.7 Å². The third-order valence-corrected chi connectivity index (χ3v) is 7.03. The molecule has 166 valence electrons. The molecule has 2 aliphatic rings. The Morgan fingerprint density at radius 3 is 2.40 bits per heavy atom. The number of sulfonamides is 1. The van der Waals surface area contributed by atoms with Gasteiger partial charge in [-0.15, -0.1) is 0 Å². The summed E-state index contributed by atoms with van der Waals surface area (Å²) in [5, 5.41) is 2.92. The smallest absolute Gasteiger partial charge is 0.247 e. The molecule has 1 aromatic rings. The fraction of sp³-hybridized carbons (Fsp3) is 0.600. The number of piperazine rings is 1. The molecule has 1 aliphatic heterocycles. The number of halogens is 2. The number of anilines is 1. The fourth-order valence-corrected chi connectivity index (χ4v) is 5.03. The van der Waals surface area contributed by atoms with E-state index in [9.17, 15) is 26.8 Å². The van der Waals surface area contributed by atoms with Gasteiger partial charge in [0, 0.05) is 18.7 Å². The molecule has 1 aromatic carbocycles. The van der Waals surface area contributed by atoms with Crippen LogP contribution < -0.4 is 10.2 Å². The van der Waals surface area contributed by atoms with Gasteiger partial charge in [0.1, 0.15) is 17.2 Å². The second-order valence-corrected chi connectivity index (χ2v) is 10.3. The highest BCUT2D eigenvalue weighted by Crippen LogP contribution is 2.33. The van der Waals surface area contributed by atoms with E-state index >= 15 is 0 Å². The molecule has 0 radical (unpaired) electrons. The van der Waals surface area contributed by atoms with Crippen LogP contribution >= 0.6 is 0 Å². The lowest BCUT2D eigenvalue weighted by Crippen LogP contribution is -2.70. The zero-order valence-corrected chi connectivity index (χ0v) is 18.0. The van der Waals surface area contributed by atoms with Crippen LogP contribution in [0.5, 0.6) is 0 Å². The fourth-order valence-electron chi connectivity index (χ4n) is 4.20. The Morgan fingerprint density at radius 2 is 1.80 bits per heavy atom. The van der Waals surface area contributed by atoms with E-state index in [1.54, 1.807) is 0 Å². The van der Waals surface area contributed by atoms with Crippen molar-refractivity contribution in [2.24, 2.45) is 0 Å². The predicted molar refractivity (Wildman–Crippen MR) is 108 cm³/mol. The van der Waals surface area contributed by atoms with Gasteiger partial charge in [-0.3, -0.25) is 14.5 Å². The number of carbonyl (C=O) groups excluding carboxylic acids is 2. The first-order valence-electron chi connectivity index (χ1n) is 10.1. The maximum Gasteiger partial charge on any atom is 0.247 e. The first kappa shape index (κ1) is 22.6. The minimum Gasteiger partial charge on any atom is -0.351 e. The minimum absolute atomic E-state index is 0.111. The van der Waals surface area contributed by atoms with Gasteiger partial charge in [-0.25, -0.2) is 17.2 Å². The standard InChI is InChI=1S/C20H27F2N3O4S/c1-20(19(27)23-15-7-5-3-4-6-8-15)13-24(30(2,28)29)12-18(26)25(20)17-11-14(21)9-10-16(17)22/h9-11,15H,3-8,12-13H2,1-2H3,(H,23,27). The maximum atomic E-state index is 14.6. The number of nitrogens with one attached hydrogen (secondary N) is 1. The molecule has 10 heteroatoms. The van der Waals surface area contributed by atoms with Crippen LogP contribution in [0.2, 0.25) is 0 Å². The molecule has 30 heavy (non-hydrogen) atoms. The van der Waals surface area contributed by atoms with E-state index in [-0.39, 0.29) is 18.3 Å². The lowest BCUT2D eigenvalue weighted by molar-refractivity contribution is -0.133. The van der Waals surface area contributed by atoms with Gasteiger partial charge < -0.3 is 5.32 Å². The lowest BCUT2D eigenvalue weighted by Gasteiger charge is -2.46. The monoisotopic (exact) mass is 443 g/mol. The molecule has 1 atom stereocenters. The van der Waals surface area contributed by atoms with Crippen LogP contribution in [0.4, 0.5) is 14.5 Å².